The van der Waals surface area contributed by atoms with E-state index in [-0.39, 0.29) is 5.91 Å². The second-order valence-electron chi connectivity index (χ2n) is 4.47. The van der Waals surface area contributed by atoms with Crippen molar-refractivity contribution < 1.29 is 9.21 Å². The molecule has 0 atom stereocenters. The minimum absolute atomic E-state index is 0.260. The average Bonchev–Trinajstić information content (AvgIpc) is 3.10. The predicted molar refractivity (Wildman–Crippen MR) is 75.4 cm³/mol. The van der Waals surface area contributed by atoms with Crippen molar-refractivity contribution in [3.05, 3.63) is 60.0 Å². The minimum atomic E-state index is -0.260. The number of carbonyl (C=O) groups is 1. The molecule has 0 fully saturated rings. The molecule has 1 amide bonds. The Morgan fingerprint density at radius 1 is 1.25 bits per heavy atom. The molecular formula is C15H13N3O2. The Kier molecular flexibility index (Phi) is 3.09. The van der Waals surface area contributed by atoms with Crippen LogP contribution < -0.4 is 5.32 Å². The maximum absolute atomic E-state index is 12.1. The van der Waals surface area contributed by atoms with E-state index >= 15 is 0 Å². The van der Waals surface area contributed by atoms with Gasteiger partial charge in [-0.05, 0) is 36.8 Å². The molecule has 2 heterocycles. The molecule has 0 radical (unpaired) electrons. The third kappa shape index (κ3) is 2.47. The zero-order chi connectivity index (χ0) is 13.9. The Bertz CT molecular complexity index is 729. The Balaban J connectivity index is 1.78. The number of hydrogen-bond donors (Lipinski definition) is 2. The lowest BCUT2D eigenvalue weighted by atomic mass is 10.2. The van der Waals surface area contributed by atoms with Crippen molar-refractivity contribution in [3.8, 4) is 11.5 Å². The fourth-order valence-corrected chi connectivity index (χ4v) is 1.91. The SMILES string of the molecule is Cc1cccc(NC(=O)c2cc(-c3ccco3)[nH]n2)c1. The lowest BCUT2D eigenvalue weighted by Crippen LogP contribution is -2.12. The normalized spacial score (nSPS) is 10.4. The van der Waals surface area contributed by atoms with Crippen LogP contribution in [-0.4, -0.2) is 16.1 Å². The highest BCUT2D eigenvalue weighted by Gasteiger charge is 2.12. The first-order chi connectivity index (χ1) is 9.72. The van der Waals surface area contributed by atoms with Gasteiger partial charge in [0.1, 0.15) is 5.69 Å². The fraction of sp³-hybridized carbons (Fsp3) is 0.0667. The first kappa shape index (κ1) is 12.2. The number of hydrogen-bond acceptors (Lipinski definition) is 3. The van der Waals surface area contributed by atoms with E-state index in [1.807, 2.05) is 31.2 Å². The zero-order valence-corrected chi connectivity index (χ0v) is 10.9. The van der Waals surface area contributed by atoms with Crippen LogP contribution in [0.4, 0.5) is 5.69 Å². The summed E-state index contributed by atoms with van der Waals surface area (Å²) in [6, 6.07) is 12.8. The number of carbonyl (C=O) groups excluding carboxylic acids is 1. The van der Waals surface area contributed by atoms with Crippen molar-refractivity contribution in [2.24, 2.45) is 0 Å². The number of H-pyrrole nitrogens is 1. The molecule has 2 N–H and O–H groups in total. The number of nitrogens with zero attached hydrogens (tertiary/aromatic N) is 1. The summed E-state index contributed by atoms with van der Waals surface area (Å²) >= 11 is 0. The van der Waals surface area contributed by atoms with Crippen LogP contribution in [0.2, 0.25) is 0 Å². The highest BCUT2D eigenvalue weighted by atomic mass is 16.3. The Hall–Kier alpha value is -2.82. The molecule has 0 saturated carbocycles. The number of furan rings is 1. The third-order valence-corrected chi connectivity index (χ3v) is 2.87. The number of nitrogens with one attached hydrogen (secondary N) is 2. The monoisotopic (exact) mass is 267 g/mol. The zero-order valence-electron chi connectivity index (χ0n) is 10.9. The summed E-state index contributed by atoms with van der Waals surface area (Å²) in [5.41, 5.74) is 2.82. The fourth-order valence-electron chi connectivity index (χ4n) is 1.91. The molecule has 0 saturated heterocycles. The van der Waals surface area contributed by atoms with E-state index in [2.05, 4.69) is 15.5 Å². The largest absolute Gasteiger partial charge is 0.463 e. The molecule has 0 aliphatic rings. The Morgan fingerprint density at radius 2 is 2.15 bits per heavy atom. The van der Waals surface area contributed by atoms with E-state index < -0.39 is 0 Å². The summed E-state index contributed by atoms with van der Waals surface area (Å²) in [7, 11) is 0. The molecule has 3 aromatic rings. The lowest BCUT2D eigenvalue weighted by molar-refractivity contribution is 0.102. The van der Waals surface area contributed by atoms with Crippen molar-refractivity contribution in [1.82, 2.24) is 10.2 Å². The smallest absolute Gasteiger partial charge is 0.276 e. The molecule has 5 nitrogen and oxygen atoms in total. The van der Waals surface area contributed by atoms with Crippen LogP contribution in [0.3, 0.4) is 0 Å². The summed E-state index contributed by atoms with van der Waals surface area (Å²) in [5.74, 6) is 0.386. The van der Waals surface area contributed by atoms with E-state index in [0.29, 0.717) is 17.1 Å². The van der Waals surface area contributed by atoms with Gasteiger partial charge in [0, 0.05) is 11.8 Å². The van der Waals surface area contributed by atoms with Gasteiger partial charge in [0.25, 0.3) is 5.91 Å². The maximum Gasteiger partial charge on any atom is 0.276 e. The standard InChI is InChI=1S/C15H13N3O2/c1-10-4-2-5-11(8-10)16-15(19)13-9-12(17-18-13)14-6-3-7-20-14/h2-9H,1H3,(H,16,19)(H,17,18). The van der Waals surface area contributed by atoms with E-state index in [1.165, 1.54) is 0 Å². The summed E-state index contributed by atoms with van der Waals surface area (Å²) in [6.45, 7) is 1.97. The third-order valence-electron chi connectivity index (χ3n) is 2.87. The molecule has 1 aromatic carbocycles. The van der Waals surface area contributed by atoms with Crippen molar-refractivity contribution >= 4 is 11.6 Å². The van der Waals surface area contributed by atoms with E-state index in [9.17, 15) is 4.79 Å². The number of benzene rings is 1. The van der Waals surface area contributed by atoms with Gasteiger partial charge in [-0.1, -0.05) is 12.1 Å². The van der Waals surface area contributed by atoms with Crippen LogP contribution in [0.15, 0.2) is 53.1 Å². The molecular weight excluding hydrogens is 254 g/mol. The van der Waals surface area contributed by atoms with Gasteiger partial charge >= 0.3 is 0 Å². The second-order valence-corrected chi connectivity index (χ2v) is 4.47. The number of aromatic amines is 1. The summed E-state index contributed by atoms with van der Waals surface area (Å²) in [4.78, 5) is 12.1. The number of amides is 1. The van der Waals surface area contributed by atoms with E-state index in [0.717, 1.165) is 11.3 Å². The minimum Gasteiger partial charge on any atom is -0.463 e. The van der Waals surface area contributed by atoms with Crippen molar-refractivity contribution in [2.45, 2.75) is 6.92 Å². The maximum atomic E-state index is 12.1. The van der Waals surface area contributed by atoms with Gasteiger partial charge < -0.3 is 9.73 Å². The molecule has 100 valence electrons. The molecule has 0 unspecified atom stereocenters. The molecule has 0 bridgehead atoms. The van der Waals surface area contributed by atoms with Gasteiger partial charge in [-0.25, -0.2) is 0 Å². The Morgan fingerprint density at radius 3 is 2.90 bits per heavy atom. The van der Waals surface area contributed by atoms with Gasteiger partial charge in [-0.3, -0.25) is 9.89 Å². The predicted octanol–water partition coefficient (Wildman–Crippen LogP) is 3.23. The van der Waals surface area contributed by atoms with Crippen LogP contribution in [0, 0.1) is 6.92 Å². The molecule has 0 aliphatic carbocycles. The molecule has 20 heavy (non-hydrogen) atoms. The highest BCUT2D eigenvalue weighted by Crippen LogP contribution is 2.18. The van der Waals surface area contributed by atoms with Crippen LogP contribution in [0.1, 0.15) is 16.1 Å². The van der Waals surface area contributed by atoms with Gasteiger partial charge in [0.05, 0.1) is 6.26 Å². The van der Waals surface area contributed by atoms with Crippen LogP contribution >= 0.6 is 0 Å². The summed E-state index contributed by atoms with van der Waals surface area (Å²) in [5, 5.41) is 9.58. The van der Waals surface area contributed by atoms with Crippen molar-refractivity contribution in [3.63, 3.8) is 0 Å². The number of aryl methyl sites for hydroxylation is 1. The van der Waals surface area contributed by atoms with E-state index in [1.54, 1.807) is 24.5 Å². The van der Waals surface area contributed by atoms with E-state index in [4.69, 9.17) is 4.42 Å². The first-order valence-electron chi connectivity index (χ1n) is 6.20. The molecule has 5 heteroatoms. The molecule has 3 rings (SSSR count). The summed E-state index contributed by atoms with van der Waals surface area (Å²) < 4.78 is 5.24. The average molecular weight is 267 g/mol. The van der Waals surface area contributed by atoms with Crippen LogP contribution in [0.5, 0.6) is 0 Å². The Labute approximate surface area is 115 Å². The van der Waals surface area contributed by atoms with Gasteiger partial charge in [0.2, 0.25) is 0 Å². The lowest BCUT2D eigenvalue weighted by Gasteiger charge is -2.03. The van der Waals surface area contributed by atoms with Crippen LogP contribution in [0.25, 0.3) is 11.5 Å². The van der Waals surface area contributed by atoms with Crippen molar-refractivity contribution in [1.29, 1.82) is 0 Å². The number of aromatic nitrogens is 2. The molecule has 2 aromatic heterocycles. The van der Waals surface area contributed by atoms with Crippen LogP contribution in [-0.2, 0) is 0 Å². The highest BCUT2D eigenvalue weighted by molar-refractivity contribution is 6.03. The number of anilines is 1. The second kappa shape index (κ2) is 5.05. The number of rotatable bonds is 3. The topological polar surface area (TPSA) is 70.9 Å². The molecule has 0 aliphatic heterocycles. The molecule has 0 spiro atoms. The first-order valence-corrected chi connectivity index (χ1v) is 6.20. The van der Waals surface area contributed by atoms with Gasteiger partial charge in [-0.15, -0.1) is 0 Å². The van der Waals surface area contributed by atoms with Crippen molar-refractivity contribution in [2.75, 3.05) is 5.32 Å². The van der Waals surface area contributed by atoms with Gasteiger partial charge in [-0.2, -0.15) is 5.10 Å². The summed E-state index contributed by atoms with van der Waals surface area (Å²) in [6.07, 6.45) is 1.57. The quantitative estimate of drug-likeness (QED) is 0.765. The van der Waals surface area contributed by atoms with Gasteiger partial charge in [0.15, 0.2) is 11.5 Å².